The maximum atomic E-state index is 13.5. The quantitative estimate of drug-likeness (QED) is 0.319. The summed E-state index contributed by atoms with van der Waals surface area (Å²) in [6.45, 7) is 7.32. The van der Waals surface area contributed by atoms with Crippen molar-refractivity contribution >= 4 is 38.9 Å². The smallest absolute Gasteiger partial charge is 0.264 e. The zero-order valence-corrected chi connectivity index (χ0v) is 21.7. The Morgan fingerprint density at radius 1 is 1.03 bits per heavy atom. The number of rotatable bonds is 9. The number of ether oxygens (including phenoxy) is 1. The van der Waals surface area contributed by atoms with Crippen LogP contribution in [0.4, 0.5) is 5.69 Å². The van der Waals surface area contributed by atoms with E-state index in [0.717, 1.165) is 21.2 Å². The molecule has 9 heteroatoms. The fourth-order valence-electron chi connectivity index (χ4n) is 3.34. The van der Waals surface area contributed by atoms with E-state index in [1.54, 1.807) is 44.2 Å². The Kier molecular flexibility index (Phi) is 8.53. The molecule has 3 aromatic carbocycles. The molecule has 0 bridgehead atoms. The van der Waals surface area contributed by atoms with Crippen molar-refractivity contribution in [2.75, 3.05) is 17.5 Å². The van der Waals surface area contributed by atoms with Gasteiger partial charge in [0.1, 0.15) is 12.3 Å². The van der Waals surface area contributed by atoms with E-state index in [2.05, 4.69) is 10.5 Å². The third kappa shape index (κ3) is 6.41. The summed E-state index contributed by atoms with van der Waals surface area (Å²) in [6, 6.07) is 18.7. The van der Waals surface area contributed by atoms with E-state index in [1.165, 1.54) is 12.1 Å². The number of hydrogen-bond donors (Lipinski definition) is 1. The van der Waals surface area contributed by atoms with Gasteiger partial charge in [-0.05, 0) is 87.4 Å². The van der Waals surface area contributed by atoms with E-state index < -0.39 is 22.5 Å². The fourth-order valence-corrected chi connectivity index (χ4v) is 4.99. The maximum Gasteiger partial charge on any atom is 0.264 e. The molecular formula is C26H28ClN3O4S. The summed E-state index contributed by atoms with van der Waals surface area (Å²) < 4.78 is 33.6. The topological polar surface area (TPSA) is 88.1 Å². The number of hydrogen-bond acceptors (Lipinski definition) is 5. The molecule has 3 aromatic rings. The number of aryl methyl sites for hydroxylation is 1. The SMILES string of the molecule is CCOc1ccc(/C(C)=N\NC(=O)CN(c2cccc(Cl)c2C)S(=O)(=O)c2ccc(C)cc2)cc1. The number of carbonyl (C=O) groups excluding carboxylic acids is 1. The summed E-state index contributed by atoms with van der Waals surface area (Å²) in [5, 5.41) is 4.55. The summed E-state index contributed by atoms with van der Waals surface area (Å²) in [7, 11) is -4.05. The van der Waals surface area contributed by atoms with E-state index in [4.69, 9.17) is 16.3 Å². The van der Waals surface area contributed by atoms with Crippen molar-refractivity contribution in [3.05, 3.63) is 88.4 Å². The predicted octanol–water partition coefficient (Wildman–Crippen LogP) is 5.09. The van der Waals surface area contributed by atoms with E-state index in [9.17, 15) is 13.2 Å². The van der Waals surface area contributed by atoms with E-state index >= 15 is 0 Å². The first kappa shape index (κ1) is 26.2. The average Bonchev–Trinajstić information content (AvgIpc) is 2.84. The first-order valence-electron chi connectivity index (χ1n) is 11.0. The van der Waals surface area contributed by atoms with Gasteiger partial charge in [-0.2, -0.15) is 5.10 Å². The van der Waals surface area contributed by atoms with Crippen LogP contribution in [0.1, 0.15) is 30.5 Å². The predicted molar refractivity (Wildman–Crippen MR) is 140 cm³/mol. The fraction of sp³-hybridized carbons (Fsp3) is 0.231. The third-order valence-electron chi connectivity index (χ3n) is 5.34. The van der Waals surface area contributed by atoms with Crippen molar-refractivity contribution in [2.45, 2.75) is 32.6 Å². The van der Waals surface area contributed by atoms with Crippen LogP contribution in [-0.2, 0) is 14.8 Å². The number of amides is 1. The second-order valence-corrected chi connectivity index (χ2v) is 10.2. The molecule has 0 spiro atoms. The highest BCUT2D eigenvalue weighted by atomic mass is 35.5. The van der Waals surface area contributed by atoms with Crippen molar-refractivity contribution in [1.82, 2.24) is 5.43 Å². The minimum Gasteiger partial charge on any atom is -0.494 e. The van der Waals surface area contributed by atoms with E-state index in [-0.39, 0.29) is 4.90 Å². The lowest BCUT2D eigenvalue weighted by Crippen LogP contribution is -2.40. The van der Waals surface area contributed by atoms with Crippen molar-refractivity contribution < 1.29 is 17.9 Å². The van der Waals surface area contributed by atoms with E-state index in [1.807, 2.05) is 38.1 Å². The molecule has 184 valence electrons. The second kappa shape index (κ2) is 11.4. The van der Waals surface area contributed by atoms with Crippen LogP contribution < -0.4 is 14.5 Å². The van der Waals surface area contributed by atoms with Gasteiger partial charge in [-0.15, -0.1) is 0 Å². The molecule has 1 N–H and O–H groups in total. The molecule has 7 nitrogen and oxygen atoms in total. The number of anilines is 1. The Bertz CT molecular complexity index is 1320. The highest BCUT2D eigenvalue weighted by Gasteiger charge is 2.28. The first-order valence-corrected chi connectivity index (χ1v) is 12.9. The van der Waals surface area contributed by atoms with Gasteiger partial charge in [0, 0.05) is 5.02 Å². The number of halogens is 1. The van der Waals surface area contributed by atoms with Gasteiger partial charge >= 0.3 is 0 Å². The van der Waals surface area contributed by atoms with Crippen molar-refractivity contribution in [2.24, 2.45) is 5.10 Å². The molecule has 0 saturated carbocycles. The van der Waals surface area contributed by atoms with Crippen LogP contribution in [0, 0.1) is 13.8 Å². The monoisotopic (exact) mass is 513 g/mol. The molecule has 0 aliphatic rings. The molecule has 0 radical (unpaired) electrons. The number of benzene rings is 3. The summed E-state index contributed by atoms with van der Waals surface area (Å²) in [4.78, 5) is 12.9. The molecular weight excluding hydrogens is 486 g/mol. The van der Waals surface area contributed by atoms with Gasteiger partial charge in [-0.1, -0.05) is 35.4 Å². The summed E-state index contributed by atoms with van der Waals surface area (Å²) >= 11 is 6.26. The number of sulfonamides is 1. The lowest BCUT2D eigenvalue weighted by atomic mass is 10.1. The van der Waals surface area contributed by atoms with Gasteiger partial charge < -0.3 is 4.74 Å². The molecule has 0 unspecified atom stereocenters. The van der Waals surface area contributed by atoms with Gasteiger partial charge in [-0.25, -0.2) is 13.8 Å². The largest absolute Gasteiger partial charge is 0.494 e. The minimum atomic E-state index is -4.05. The Labute approximate surface area is 211 Å². The second-order valence-electron chi connectivity index (χ2n) is 7.90. The molecule has 0 aliphatic heterocycles. The Morgan fingerprint density at radius 2 is 1.69 bits per heavy atom. The molecule has 35 heavy (non-hydrogen) atoms. The number of carbonyl (C=O) groups is 1. The van der Waals surface area contributed by atoms with Crippen molar-refractivity contribution in [3.8, 4) is 5.75 Å². The standard InChI is InChI=1S/C26H28ClN3O4S/c1-5-34-22-13-11-21(12-14-22)20(4)28-29-26(31)17-30(25-8-6-7-24(27)19(25)3)35(32,33)23-15-9-18(2)10-16-23/h6-16H,5,17H2,1-4H3,(H,29,31)/b28-20-. The molecule has 0 atom stereocenters. The van der Waals surface area contributed by atoms with Crippen molar-refractivity contribution in [1.29, 1.82) is 0 Å². The van der Waals surface area contributed by atoms with Crippen LogP contribution in [0.5, 0.6) is 5.75 Å². The molecule has 0 aliphatic carbocycles. The normalized spacial score (nSPS) is 11.7. The van der Waals surface area contributed by atoms with Crippen LogP contribution in [-0.4, -0.2) is 33.2 Å². The van der Waals surface area contributed by atoms with Gasteiger partial charge in [0.15, 0.2) is 0 Å². The minimum absolute atomic E-state index is 0.0735. The lowest BCUT2D eigenvalue weighted by Gasteiger charge is -2.25. The molecule has 3 rings (SSSR count). The maximum absolute atomic E-state index is 13.5. The van der Waals surface area contributed by atoms with Gasteiger partial charge in [0.05, 0.1) is 22.9 Å². The molecule has 0 saturated heterocycles. The summed E-state index contributed by atoms with van der Waals surface area (Å²) in [6.07, 6.45) is 0. The Morgan fingerprint density at radius 3 is 2.31 bits per heavy atom. The Balaban J connectivity index is 1.87. The molecule has 0 aromatic heterocycles. The van der Waals surface area contributed by atoms with Crippen LogP contribution in [0.15, 0.2) is 76.7 Å². The highest BCUT2D eigenvalue weighted by molar-refractivity contribution is 7.92. The number of nitrogens with zero attached hydrogens (tertiary/aromatic N) is 2. The van der Waals surface area contributed by atoms with Gasteiger partial charge in [0.2, 0.25) is 0 Å². The van der Waals surface area contributed by atoms with Crippen LogP contribution >= 0.6 is 11.6 Å². The van der Waals surface area contributed by atoms with Crippen LogP contribution in [0.3, 0.4) is 0 Å². The molecule has 1 amide bonds. The molecule has 0 heterocycles. The lowest BCUT2D eigenvalue weighted by molar-refractivity contribution is -0.119. The number of hydrazone groups is 1. The summed E-state index contributed by atoms with van der Waals surface area (Å²) in [5.74, 6) is 0.146. The number of nitrogens with one attached hydrogen (secondary N) is 1. The summed E-state index contributed by atoms with van der Waals surface area (Å²) in [5.41, 5.74) is 5.61. The van der Waals surface area contributed by atoms with Crippen molar-refractivity contribution in [3.63, 3.8) is 0 Å². The first-order chi connectivity index (χ1) is 16.6. The van der Waals surface area contributed by atoms with Crippen LogP contribution in [0.25, 0.3) is 0 Å². The third-order valence-corrected chi connectivity index (χ3v) is 7.52. The van der Waals surface area contributed by atoms with Gasteiger partial charge in [-0.3, -0.25) is 9.10 Å². The van der Waals surface area contributed by atoms with Crippen LogP contribution in [0.2, 0.25) is 5.02 Å². The highest BCUT2D eigenvalue weighted by Crippen LogP contribution is 2.30. The molecule has 0 fully saturated rings. The zero-order valence-electron chi connectivity index (χ0n) is 20.1. The van der Waals surface area contributed by atoms with E-state index in [0.29, 0.717) is 28.6 Å². The zero-order chi connectivity index (χ0) is 25.6. The Hall–Kier alpha value is -3.36. The van der Waals surface area contributed by atoms with Gasteiger partial charge in [0.25, 0.3) is 15.9 Å². The average molecular weight is 514 g/mol.